The van der Waals surface area contributed by atoms with Crippen LogP contribution in [-0.2, 0) is 14.3 Å². The lowest BCUT2D eigenvalue weighted by molar-refractivity contribution is -0.211. The van der Waals surface area contributed by atoms with Gasteiger partial charge in [-0.3, -0.25) is 0 Å². The number of rotatable bonds is 2. The minimum atomic E-state index is -0.715. The molecule has 3 nitrogen and oxygen atoms in total. The summed E-state index contributed by atoms with van der Waals surface area (Å²) >= 11 is 0. The molecule has 0 spiro atoms. The van der Waals surface area contributed by atoms with Gasteiger partial charge < -0.3 is 9.47 Å². The molecular formula is C12H18O3. The molecule has 2 unspecified atom stereocenters. The van der Waals surface area contributed by atoms with Crippen molar-refractivity contribution >= 4 is 5.97 Å². The predicted molar refractivity (Wildman–Crippen MR) is 56.2 cm³/mol. The van der Waals surface area contributed by atoms with Crippen LogP contribution in [-0.4, -0.2) is 18.4 Å². The van der Waals surface area contributed by atoms with Gasteiger partial charge >= 0.3 is 5.97 Å². The van der Waals surface area contributed by atoms with Crippen molar-refractivity contribution < 1.29 is 14.3 Å². The van der Waals surface area contributed by atoms with Gasteiger partial charge in [-0.25, -0.2) is 4.79 Å². The fraction of sp³-hybridized carbons (Fsp3) is 0.750. The van der Waals surface area contributed by atoms with Gasteiger partial charge in [-0.15, -0.1) is 0 Å². The van der Waals surface area contributed by atoms with Gasteiger partial charge in [-0.2, -0.15) is 0 Å². The Morgan fingerprint density at radius 2 is 2.33 bits per heavy atom. The monoisotopic (exact) mass is 210 g/mol. The second kappa shape index (κ2) is 3.63. The van der Waals surface area contributed by atoms with E-state index in [4.69, 9.17) is 9.47 Å². The number of carbonyl (C=O) groups is 1. The number of hydrogen-bond donors (Lipinski definition) is 0. The Morgan fingerprint density at radius 3 is 3.00 bits per heavy atom. The maximum absolute atomic E-state index is 11.6. The molecule has 84 valence electrons. The highest BCUT2D eigenvalue weighted by molar-refractivity contribution is 5.92. The Hall–Kier alpha value is -0.830. The summed E-state index contributed by atoms with van der Waals surface area (Å²) in [7, 11) is 0. The molecule has 0 aromatic rings. The van der Waals surface area contributed by atoms with Crippen molar-refractivity contribution in [1.82, 2.24) is 0 Å². The standard InChI is InChI=1S/C12H18O3/c1-4-14-12-7-8(2)5-6-10(12)9(3)11(13)15-12/h8H,4-7H2,1-3H3. The summed E-state index contributed by atoms with van der Waals surface area (Å²) in [5.41, 5.74) is 1.84. The van der Waals surface area contributed by atoms with Gasteiger partial charge in [0.05, 0.1) is 0 Å². The van der Waals surface area contributed by atoms with Crippen LogP contribution in [0.2, 0.25) is 0 Å². The van der Waals surface area contributed by atoms with E-state index in [0.29, 0.717) is 12.5 Å². The van der Waals surface area contributed by atoms with Crippen LogP contribution in [0.3, 0.4) is 0 Å². The summed E-state index contributed by atoms with van der Waals surface area (Å²) < 4.78 is 11.1. The van der Waals surface area contributed by atoms with Crippen molar-refractivity contribution in [3.05, 3.63) is 11.1 Å². The maximum Gasteiger partial charge on any atom is 0.336 e. The van der Waals surface area contributed by atoms with E-state index < -0.39 is 5.79 Å². The van der Waals surface area contributed by atoms with Gasteiger partial charge in [0.25, 0.3) is 0 Å². The predicted octanol–water partition coefficient (Wildman–Crippen LogP) is 2.41. The van der Waals surface area contributed by atoms with Crippen LogP contribution in [0.25, 0.3) is 0 Å². The van der Waals surface area contributed by atoms with E-state index >= 15 is 0 Å². The first kappa shape index (κ1) is 10.7. The van der Waals surface area contributed by atoms with Crippen LogP contribution in [0.4, 0.5) is 0 Å². The Kier molecular flexibility index (Phi) is 2.59. The largest absolute Gasteiger partial charge is 0.426 e. The number of esters is 1. The minimum Gasteiger partial charge on any atom is -0.426 e. The van der Waals surface area contributed by atoms with Gasteiger partial charge in [0.2, 0.25) is 5.79 Å². The van der Waals surface area contributed by atoms with Gasteiger partial charge in [0.1, 0.15) is 0 Å². The number of fused-ring (bicyclic) bond motifs is 1. The average Bonchev–Trinajstić information content (AvgIpc) is 2.39. The third-order valence-corrected chi connectivity index (χ3v) is 3.36. The SMILES string of the molecule is CCOC12CC(C)CCC1=C(C)C(=O)O2. The molecule has 0 bridgehead atoms. The second-order valence-corrected chi connectivity index (χ2v) is 4.53. The molecule has 15 heavy (non-hydrogen) atoms. The molecule has 0 N–H and O–H groups in total. The van der Waals surface area contributed by atoms with Crippen molar-refractivity contribution in [3.63, 3.8) is 0 Å². The van der Waals surface area contributed by atoms with E-state index in [0.717, 1.165) is 30.4 Å². The number of ether oxygens (including phenoxy) is 2. The summed E-state index contributed by atoms with van der Waals surface area (Å²) in [6.45, 7) is 6.54. The summed E-state index contributed by atoms with van der Waals surface area (Å²) in [6, 6.07) is 0. The maximum atomic E-state index is 11.6. The Labute approximate surface area is 90.4 Å². The zero-order valence-corrected chi connectivity index (χ0v) is 9.63. The molecular weight excluding hydrogens is 192 g/mol. The zero-order chi connectivity index (χ0) is 11.1. The lowest BCUT2D eigenvalue weighted by Gasteiger charge is -2.37. The van der Waals surface area contributed by atoms with Crippen LogP contribution in [0.15, 0.2) is 11.1 Å². The highest BCUT2D eigenvalue weighted by Crippen LogP contribution is 2.46. The molecule has 1 fully saturated rings. The lowest BCUT2D eigenvalue weighted by Crippen LogP contribution is -2.40. The highest BCUT2D eigenvalue weighted by Gasteiger charge is 2.49. The second-order valence-electron chi connectivity index (χ2n) is 4.53. The highest BCUT2D eigenvalue weighted by atomic mass is 16.7. The fourth-order valence-corrected chi connectivity index (χ4v) is 2.60. The van der Waals surface area contributed by atoms with E-state index in [1.54, 1.807) is 0 Å². The van der Waals surface area contributed by atoms with Crippen LogP contribution in [0, 0.1) is 5.92 Å². The molecule has 1 aliphatic heterocycles. The molecule has 2 aliphatic rings. The molecule has 1 heterocycles. The van der Waals surface area contributed by atoms with Crippen LogP contribution in [0.1, 0.15) is 40.0 Å². The molecule has 0 aromatic heterocycles. The molecule has 1 saturated carbocycles. The molecule has 3 heteroatoms. The van der Waals surface area contributed by atoms with E-state index in [1.807, 2.05) is 13.8 Å². The van der Waals surface area contributed by atoms with Crippen LogP contribution < -0.4 is 0 Å². The van der Waals surface area contributed by atoms with E-state index in [-0.39, 0.29) is 5.97 Å². The first-order valence-corrected chi connectivity index (χ1v) is 5.66. The average molecular weight is 210 g/mol. The topological polar surface area (TPSA) is 35.5 Å². The van der Waals surface area contributed by atoms with E-state index in [9.17, 15) is 4.79 Å². The fourth-order valence-electron chi connectivity index (χ4n) is 2.60. The number of hydrogen-bond acceptors (Lipinski definition) is 3. The van der Waals surface area contributed by atoms with Crippen LogP contribution >= 0.6 is 0 Å². The Morgan fingerprint density at radius 1 is 1.60 bits per heavy atom. The van der Waals surface area contributed by atoms with Gasteiger partial charge in [0, 0.05) is 24.2 Å². The van der Waals surface area contributed by atoms with E-state index in [2.05, 4.69) is 6.92 Å². The summed E-state index contributed by atoms with van der Waals surface area (Å²) in [5.74, 6) is -0.361. The number of carbonyl (C=O) groups excluding carboxylic acids is 1. The lowest BCUT2D eigenvalue weighted by atomic mass is 9.81. The molecule has 0 saturated heterocycles. The van der Waals surface area contributed by atoms with Gasteiger partial charge in [-0.1, -0.05) is 6.92 Å². The smallest absolute Gasteiger partial charge is 0.336 e. The molecule has 2 rings (SSSR count). The Bertz CT molecular complexity index is 319. The zero-order valence-electron chi connectivity index (χ0n) is 9.63. The molecule has 0 aromatic carbocycles. The molecule has 1 aliphatic carbocycles. The quantitative estimate of drug-likeness (QED) is 0.656. The third-order valence-electron chi connectivity index (χ3n) is 3.36. The minimum absolute atomic E-state index is 0.201. The van der Waals surface area contributed by atoms with Gasteiger partial charge in [0.15, 0.2) is 0 Å². The first-order valence-electron chi connectivity index (χ1n) is 5.66. The Balaban J connectivity index is 2.34. The third kappa shape index (κ3) is 1.59. The van der Waals surface area contributed by atoms with Crippen molar-refractivity contribution in [2.75, 3.05) is 6.61 Å². The van der Waals surface area contributed by atoms with Gasteiger partial charge in [-0.05, 0) is 32.6 Å². The normalized spacial score (nSPS) is 35.4. The molecule has 2 atom stereocenters. The molecule has 0 amide bonds. The van der Waals surface area contributed by atoms with Crippen LogP contribution in [0.5, 0.6) is 0 Å². The summed E-state index contributed by atoms with van der Waals surface area (Å²) in [5, 5.41) is 0. The van der Waals surface area contributed by atoms with Crippen molar-refractivity contribution in [2.45, 2.75) is 45.8 Å². The first-order chi connectivity index (χ1) is 7.09. The summed E-state index contributed by atoms with van der Waals surface area (Å²) in [6.07, 6.45) is 2.86. The summed E-state index contributed by atoms with van der Waals surface area (Å²) in [4.78, 5) is 11.6. The molecule has 0 radical (unpaired) electrons. The van der Waals surface area contributed by atoms with Crippen molar-refractivity contribution in [1.29, 1.82) is 0 Å². The van der Waals surface area contributed by atoms with E-state index in [1.165, 1.54) is 0 Å². The van der Waals surface area contributed by atoms with Crippen molar-refractivity contribution in [3.8, 4) is 0 Å². The van der Waals surface area contributed by atoms with Crippen molar-refractivity contribution in [2.24, 2.45) is 5.92 Å².